The number of hydrogen-bond acceptors (Lipinski definition) is 5. The van der Waals surface area contributed by atoms with Gasteiger partial charge < -0.3 is 14.7 Å². The van der Waals surface area contributed by atoms with Crippen LogP contribution in [0.2, 0.25) is 0 Å². The van der Waals surface area contributed by atoms with Crippen molar-refractivity contribution in [3.63, 3.8) is 0 Å². The van der Waals surface area contributed by atoms with Gasteiger partial charge in [-0.05, 0) is 46.0 Å². The molecule has 2 atom stereocenters. The smallest absolute Gasteiger partial charge is 0.247 e. The molecule has 1 saturated heterocycles. The Bertz CT molecular complexity index is 714. The average molecular weight is 356 g/mol. The summed E-state index contributed by atoms with van der Waals surface area (Å²) in [5, 5.41) is 6.83. The van der Waals surface area contributed by atoms with E-state index in [1.54, 1.807) is 6.07 Å². The Balaban J connectivity index is 1.86. The molecule has 0 bridgehead atoms. The minimum Gasteiger partial charge on any atom is -0.360 e. The fraction of sp³-hybridized carbons (Fsp3) is 0.500. The first-order chi connectivity index (χ1) is 12.5. The molecule has 1 amide bonds. The van der Waals surface area contributed by atoms with Crippen LogP contribution in [0, 0.1) is 6.92 Å². The summed E-state index contributed by atoms with van der Waals surface area (Å²) in [4.78, 5) is 17.7. The third-order valence-corrected chi connectivity index (χ3v) is 5.02. The molecule has 1 aromatic carbocycles. The van der Waals surface area contributed by atoms with Gasteiger partial charge in [0.15, 0.2) is 5.82 Å². The molecule has 2 unspecified atom stereocenters. The van der Waals surface area contributed by atoms with E-state index in [0.29, 0.717) is 17.6 Å². The number of nitrogens with one attached hydrogen (secondary N) is 1. The Kier molecular flexibility index (Phi) is 6.06. The van der Waals surface area contributed by atoms with Crippen LogP contribution in [0.1, 0.15) is 36.6 Å². The van der Waals surface area contributed by atoms with Gasteiger partial charge in [0.2, 0.25) is 5.91 Å². The molecule has 1 aliphatic rings. The molecular weight excluding hydrogens is 328 g/mol. The Hall–Kier alpha value is -2.18. The van der Waals surface area contributed by atoms with Crippen molar-refractivity contribution in [1.29, 1.82) is 0 Å². The van der Waals surface area contributed by atoms with Crippen molar-refractivity contribution in [2.24, 2.45) is 0 Å². The molecule has 3 rings (SSSR count). The maximum Gasteiger partial charge on any atom is 0.247 e. The van der Waals surface area contributed by atoms with Crippen LogP contribution in [-0.4, -0.2) is 54.1 Å². The standard InChI is InChI=1S/C20H28N4O2/c1-15-13-18(22-26-15)21-20(25)19(16-9-5-4-6-10-16)24-12-8-7-11-17(14-24)23(2)3/h4-6,9-10,13,17,19H,7-8,11-12,14H2,1-3H3,(H,21,22,25). The highest BCUT2D eigenvalue weighted by atomic mass is 16.5. The van der Waals surface area contributed by atoms with Crippen molar-refractivity contribution in [3.05, 3.63) is 47.7 Å². The Morgan fingerprint density at radius 3 is 2.73 bits per heavy atom. The first kappa shape index (κ1) is 18.6. The van der Waals surface area contributed by atoms with E-state index < -0.39 is 0 Å². The van der Waals surface area contributed by atoms with Crippen LogP contribution in [0.25, 0.3) is 0 Å². The van der Waals surface area contributed by atoms with E-state index in [1.807, 2.05) is 37.3 Å². The van der Waals surface area contributed by atoms with E-state index in [1.165, 1.54) is 6.42 Å². The number of carbonyl (C=O) groups excluding carboxylic acids is 1. The molecule has 2 aromatic rings. The number of rotatable bonds is 5. The van der Waals surface area contributed by atoms with E-state index in [2.05, 4.69) is 34.4 Å². The van der Waals surface area contributed by atoms with E-state index in [9.17, 15) is 4.79 Å². The first-order valence-electron chi connectivity index (χ1n) is 9.24. The second-order valence-corrected chi connectivity index (χ2v) is 7.23. The van der Waals surface area contributed by atoms with Crippen LogP contribution in [0.15, 0.2) is 40.9 Å². The molecule has 140 valence electrons. The largest absolute Gasteiger partial charge is 0.360 e. The lowest BCUT2D eigenvalue weighted by Crippen LogP contribution is -2.44. The van der Waals surface area contributed by atoms with Crippen molar-refractivity contribution in [2.45, 2.75) is 38.3 Å². The van der Waals surface area contributed by atoms with Crippen LogP contribution in [0.5, 0.6) is 0 Å². The molecule has 0 spiro atoms. The van der Waals surface area contributed by atoms with Crippen LogP contribution < -0.4 is 5.32 Å². The molecule has 6 heteroatoms. The fourth-order valence-electron chi connectivity index (χ4n) is 3.59. The molecule has 0 radical (unpaired) electrons. The Morgan fingerprint density at radius 1 is 1.31 bits per heavy atom. The van der Waals surface area contributed by atoms with Crippen LogP contribution in [0.3, 0.4) is 0 Å². The van der Waals surface area contributed by atoms with Gasteiger partial charge in [-0.25, -0.2) is 0 Å². The summed E-state index contributed by atoms with van der Waals surface area (Å²) in [6, 6.07) is 11.8. The summed E-state index contributed by atoms with van der Waals surface area (Å²) in [6.07, 6.45) is 3.45. The van der Waals surface area contributed by atoms with Gasteiger partial charge in [0, 0.05) is 18.7 Å². The second-order valence-electron chi connectivity index (χ2n) is 7.23. The number of carbonyl (C=O) groups is 1. The number of anilines is 1. The van der Waals surface area contributed by atoms with Crippen LogP contribution >= 0.6 is 0 Å². The lowest BCUT2D eigenvalue weighted by atomic mass is 10.0. The Labute approximate surface area is 155 Å². The number of nitrogens with zero attached hydrogens (tertiary/aromatic N) is 3. The zero-order valence-electron chi connectivity index (χ0n) is 15.8. The normalized spacial score (nSPS) is 19.9. The third-order valence-electron chi connectivity index (χ3n) is 5.02. The monoisotopic (exact) mass is 356 g/mol. The minimum atomic E-state index is -0.339. The summed E-state index contributed by atoms with van der Waals surface area (Å²) in [5.41, 5.74) is 1.00. The quantitative estimate of drug-likeness (QED) is 0.892. The second kappa shape index (κ2) is 8.47. The molecule has 1 fully saturated rings. The van der Waals surface area contributed by atoms with E-state index in [0.717, 1.165) is 31.5 Å². The highest BCUT2D eigenvalue weighted by molar-refractivity contribution is 5.94. The maximum atomic E-state index is 13.2. The zero-order valence-corrected chi connectivity index (χ0v) is 15.8. The van der Waals surface area contributed by atoms with E-state index >= 15 is 0 Å². The van der Waals surface area contributed by atoms with E-state index in [-0.39, 0.29) is 11.9 Å². The van der Waals surface area contributed by atoms with Gasteiger partial charge in [0.25, 0.3) is 0 Å². The third kappa shape index (κ3) is 4.51. The Morgan fingerprint density at radius 2 is 2.08 bits per heavy atom. The molecule has 2 heterocycles. The van der Waals surface area contributed by atoms with Crippen molar-refractivity contribution in [3.8, 4) is 0 Å². The van der Waals surface area contributed by atoms with Gasteiger partial charge >= 0.3 is 0 Å². The molecule has 1 N–H and O–H groups in total. The molecule has 1 aromatic heterocycles. The number of likely N-dealkylation sites (tertiary alicyclic amines) is 1. The SMILES string of the molecule is Cc1cc(NC(=O)C(c2ccccc2)N2CCCCC(N(C)C)C2)no1. The van der Waals surface area contributed by atoms with Crippen LogP contribution in [-0.2, 0) is 4.79 Å². The van der Waals surface area contributed by atoms with Gasteiger partial charge in [-0.15, -0.1) is 0 Å². The van der Waals surface area contributed by atoms with Gasteiger partial charge in [-0.2, -0.15) is 0 Å². The number of hydrogen-bond donors (Lipinski definition) is 1. The van der Waals surface area contributed by atoms with Gasteiger partial charge in [-0.3, -0.25) is 9.69 Å². The summed E-state index contributed by atoms with van der Waals surface area (Å²) in [5.74, 6) is 1.08. The number of benzene rings is 1. The molecule has 6 nitrogen and oxygen atoms in total. The fourth-order valence-corrected chi connectivity index (χ4v) is 3.59. The molecule has 0 saturated carbocycles. The summed E-state index contributed by atoms with van der Waals surface area (Å²) in [7, 11) is 4.23. The van der Waals surface area contributed by atoms with Crippen molar-refractivity contribution >= 4 is 11.7 Å². The average Bonchev–Trinajstić information content (AvgIpc) is 2.88. The van der Waals surface area contributed by atoms with Crippen molar-refractivity contribution < 1.29 is 9.32 Å². The lowest BCUT2D eigenvalue weighted by molar-refractivity contribution is -0.121. The summed E-state index contributed by atoms with van der Waals surface area (Å²) in [6.45, 7) is 3.60. The summed E-state index contributed by atoms with van der Waals surface area (Å²) >= 11 is 0. The van der Waals surface area contributed by atoms with Gasteiger partial charge in [0.05, 0.1) is 0 Å². The van der Waals surface area contributed by atoms with Crippen LogP contribution in [0.4, 0.5) is 5.82 Å². The number of aromatic nitrogens is 1. The molecule has 26 heavy (non-hydrogen) atoms. The highest BCUT2D eigenvalue weighted by Crippen LogP contribution is 2.27. The zero-order chi connectivity index (χ0) is 18.5. The van der Waals surface area contributed by atoms with Crippen molar-refractivity contribution in [2.75, 3.05) is 32.5 Å². The summed E-state index contributed by atoms with van der Waals surface area (Å²) < 4.78 is 5.08. The number of amides is 1. The maximum absolute atomic E-state index is 13.2. The predicted octanol–water partition coefficient (Wildman–Crippen LogP) is 3.08. The predicted molar refractivity (Wildman–Crippen MR) is 102 cm³/mol. The molecular formula is C20H28N4O2. The molecule has 1 aliphatic heterocycles. The van der Waals surface area contributed by atoms with Gasteiger partial charge in [0.1, 0.15) is 11.8 Å². The minimum absolute atomic E-state index is 0.0658. The lowest BCUT2D eigenvalue weighted by Gasteiger charge is -2.33. The first-order valence-corrected chi connectivity index (χ1v) is 9.24. The number of likely N-dealkylation sites (N-methyl/N-ethyl adjacent to an activating group) is 1. The molecule has 0 aliphatic carbocycles. The van der Waals surface area contributed by atoms with Crippen molar-refractivity contribution in [1.82, 2.24) is 15.0 Å². The van der Waals surface area contributed by atoms with Gasteiger partial charge in [-0.1, -0.05) is 41.9 Å². The number of aryl methyl sites for hydroxylation is 1. The van der Waals surface area contributed by atoms with E-state index in [4.69, 9.17) is 4.52 Å². The highest BCUT2D eigenvalue weighted by Gasteiger charge is 2.31. The topological polar surface area (TPSA) is 61.6 Å².